The van der Waals surface area contributed by atoms with E-state index in [4.69, 9.17) is 23.4 Å². The van der Waals surface area contributed by atoms with Crippen LogP contribution in [0.25, 0.3) is 5.57 Å². The largest absolute Gasteiger partial charge is 0.496 e. The summed E-state index contributed by atoms with van der Waals surface area (Å²) < 4.78 is 28.7. The molecule has 1 aromatic carbocycles. The highest BCUT2D eigenvalue weighted by Crippen LogP contribution is 2.48. The molecule has 0 spiro atoms. The molecule has 0 N–H and O–H groups in total. The molecule has 0 amide bonds. The molecule has 0 fully saturated rings. The van der Waals surface area contributed by atoms with Crippen molar-refractivity contribution >= 4 is 19.9 Å². The minimum atomic E-state index is -2.01. The highest BCUT2D eigenvalue weighted by atomic mass is 28.4. The van der Waals surface area contributed by atoms with Crippen molar-refractivity contribution in [1.82, 2.24) is 0 Å². The lowest BCUT2D eigenvalue weighted by molar-refractivity contribution is -0.136. The minimum Gasteiger partial charge on any atom is -0.496 e. The second-order valence-corrected chi connectivity index (χ2v) is 13.8. The Morgan fingerprint density at radius 2 is 1.63 bits per heavy atom. The van der Waals surface area contributed by atoms with Gasteiger partial charge in [-0.15, -0.1) is 0 Å². The molecule has 6 nitrogen and oxygen atoms in total. The lowest BCUT2D eigenvalue weighted by atomic mass is 9.97. The molecule has 30 heavy (non-hydrogen) atoms. The third-order valence-corrected chi connectivity index (χ3v) is 10.8. The van der Waals surface area contributed by atoms with Gasteiger partial charge in [-0.05, 0) is 49.0 Å². The number of hydrogen-bond acceptors (Lipinski definition) is 6. The summed E-state index contributed by atoms with van der Waals surface area (Å²) in [5.41, 5.74) is 3.26. The van der Waals surface area contributed by atoms with Gasteiger partial charge in [-0.3, -0.25) is 0 Å². The van der Waals surface area contributed by atoms with Crippen LogP contribution in [0, 0.1) is 0 Å². The van der Waals surface area contributed by atoms with Gasteiger partial charge < -0.3 is 23.4 Å². The maximum Gasteiger partial charge on any atom is 0.334 e. The molecular formula is C23H36O6Si. The molecule has 0 radical (unpaired) electrons. The normalized spacial score (nSPS) is 14.7. The minimum absolute atomic E-state index is 0.0706. The van der Waals surface area contributed by atoms with E-state index in [1.54, 1.807) is 21.3 Å². The van der Waals surface area contributed by atoms with Crippen molar-refractivity contribution in [3.05, 3.63) is 22.8 Å². The van der Waals surface area contributed by atoms with Crippen molar-refractivity contribution in [1.29, 1.82) is 0 Å². The highest BCUT2D eigenvalue weighted by Gasteiger charge is 2.38. The average Bonchev–Trinajstić information content (AvgIpc) is 3.18. The van der Waals surface area contributed by atoms with Gasteiger partial charge in [0.2, 0.25) is 0 Å². The monoisotopic (exact) mass is 436 g/mol. The molecule has 1 aliphatic rings. The number of allylic oxidation sites excluding steroid dienone is 1. The van der Waals surface area contributed by atoms with Crippen LogP contribution in [0.5, 0.6) is 17.2 Å². The Hall–Kier alpha value is -1.99. The highest BCUT2D eigenvalue weighted by molar-refractivity contribution is 6.74. The molecule has 7 heteroatoms. The van der Waals surface area contributed by atoms with Crippen LogP contribution in [-0.4, -0.2) is 42.7 Å². The van der Waals surface area contributed by atoms with E-state index in [-0.39, 0.29) is 11.0 Å². The molecule has 0 bridgehead atoms. The van der Waals surface area contributed by atoms with Crippen LogP contribution in [0.3, 0.4) is 0 Å². The lowest BCUT2D eigenvalue weighted by Crippen LogP contribution is -2.40. The van der Waals surface area contributed by atoms with Crippen LogP contribution < -0.4 is 14.2 Å². The standard InChI is InChI=1S/C23H36O6Si/c1-23(2,3)30(8,9)29-14-18-20(26-5)17(13-19(25-4)21(18)27-6)15-11-10-12-16(15)22(24)28-7/h13H,10-12,14H2,1-9H3. The molecule has 1 aromatic rings. The van der Waals surface area contributed by atoms with Gasteiger partial charge in [0.1, 0.15) is 5.75 Å². The van der Waals surface area contributed by atoms with Gasteiger partial charge in [-0.2, -0.15) is 0 Å². The van der Waals surface area contributed by atoms with Gasteiger partial charge in [-0.25, -0.2) is 4.79 Å². The van der Waals surface area contributed by atoms with Crippen LogP contribution in [0.2, 0.25) is 18.1 Å². The van der Waals surface area contributed by atoms with Crippen LogP contribution in [-0.2, 0) is 20.6 Å². The number of hydrogen-bond donors (Lipinski definition) is 0. The summed E-state index contributed by atoms with van der Waals surface area (Å²) in [7, 11) is 4.25. The van der Waals surface area contributed by atoms with E-state index in [0.29, 0.717) is 35.8 Å². The number of rotatable bonds is 8. The molecule has 0 aromatic heterocycles. The first-order valence-corrected chi connectivity index (χ1v) is 13.2. The summed E-state index contributed by atoms with van der Waals surface area (Å²) in [4.78, 5) is 12.3. The molecule has 0 atom stereocenters. The molecule has 2 rings (SSSR count). The number of carbonyl (C=O) groups is 1. The van der Waals surface area contributed by atoms with Gasteiger partial charge in [-0.1, -0.05) is 20.8 Å². The van der Waals surface area contributed by atoms with E-state index in [0.717, 1.165) is 29.5 Å². The average molecular weight is 437 g/mol. The van der Waals surface area contributed by atoms with Crippen molar-refractivity contribution in [2.75, 3.05) is 28.4 Å². The quantitative estimate of drug-likeness (QED) is 0.405. The number of benzene rings is 1. The van der Waals surface area contributed by atoms with E-state index in [2.05, 4.69) is 33.9 Å². The topological polar surface area (TPSA) is 63.2 Å². The van der Waals surface area contributed by atoms with E-state index in [9.17, 15) is 4.79 Å². The predicted octanol–water partition coefficient (Wildman–Crippen LogP) is 5.34. The molecule has 0 aliphatic heterocycles. The summed E-state index contributed by atoms with van der Waals surface area (Å²) in [6, 6.07) is 1.89. The zero-order chi connectivity index (χ0) is 22.7. The second-order valence-electron chi connectivity index (χ2n) is 9.02. The maximum atomic E-state index is 12.3. The maximum absolute atomic E-state index is 12.3. The predicted molar refractivity (Wildman–Crippen MR) is 121 cm³/mol. The first kappa shape index (κ1) is 24.3. The van der Waals surface area contributed by atoms with Gasteiger partial charge in [0.15, 0.2) is 19.8 Å². The molecule has 0 heterocycles. The Morgan fingerprint density at radius 1 is 1.00 bits per heavy atom. The smallest absolute Gasteiger partial charge is 0.334 e. The number of esters is 1. The van der Waals surface area contributed by atoms with Crippen molar-refractivity contribution in [3.63, 3.8) is 0 Å². The van der Waals surface area contributed by atoms with Gasteiger partial charge in [0, 0.05) is 11.1 Å². The molecule has 0 saturated heterocycles. The zero-order valence-corrected chi connectivity index (χ0v) is 20.9. The van der Waals surface area contributed by atoms with Crippen molar-refractivity contribution in [3.8, 4) is 17.2 Å². The zero-order valence-electron chi connectivity index (χ0n) is 19.9. The van der Waals surface area contributed by atoms with Crippen molar-refractivity contribution in [2.45, 2.75) is 64.8 Å². The number of methoxy groups -OCH3 is 4. The molecule has 168 valence electrons. The molecule has 0 saturated carbocycles. The van der Waals surface area contributed by atoms with Crippen LogP contribution in [0.15, 0.2) is 11.6 Å². The third-order valence-electron chi connectivity index (χ3n) is 6.28. The fourth-order valence-electron chi connectivity index (χ4n) is 3.50. The van der Waals surface area contributed by atoms with Crippen LogP contribution in [0.1, 0.15) is 51.2 Å². The van der Waals surface area contributed by atoms with E-state index < -0.39 is 8.32 Å². The Labute approximate surface area is 181 Å². The van der Waals surface area contributed by atoms with Gasteiger partial charge in [0.05, 0.1) is 40.6 Å². The van der Waals surface area contributed by atoms with Crippen LogP contribution >= 0.6 is 0 Å². The molecule has 1 aliphatic carbocycles. The van der Waals surface area contributed by atoms with Crippen molar-refractivity contribution < 1.29 is 28.2 Å². The Morgan fingerprint density at radius 3 is 2.13 bits per heavy atom. The van der Waals surface area contributed by atoms with Crippen molar-refractivity contribution in [2.24, 2.45) is 0 Å². The molecular weight excluding hydrogens is 400 g/mol. The van der Waals surface area contributed by atoms with Gasteiger partial charge >= 0.3 is 5.97 Å². The first-order valence-electron chi connectivity index (χ1n) is 10.3. The van der Waals surface area contributed by atoms with Gasteiger partial charge in [0.25, 0.3) is 0 Å². The summed E-state index contributed by atoms with van der Waals surface area (Å²) >= 11 is 0. The lowest BCUT2D eigenvalue weighted by Gasteiger charge is -2.36. The first-order chi connectivity index (χ1) is 14.0. The van der Waals surface area contributed by atoms with Crippen LogP contribution in [0.4, 0.5) is 0 Å². The number of carbonyl (C=O) groups excluding carboxylic acids is 1. The summed E-state index contributed by atoms with van der Waals surface area (Å²) in [6.07, 6.45) is 2.36. The fraction of sp³-hybridized carbons (Fsp3) is 0.609. The Bertz CT molecular complexity index is 820. The summed E-state index contributed by atoms with van der Waals surface area (Å²) in [5.74, 6) is 1.55. The summed E-state index contributed by atoms with van der Waals surface area (Å²) in [6.45, 7) is 11.4. The second kappa shape index (κ2) is 9.43. The fourth-order valence-corrected chi connectivity index (χ4v) is 4.44. The van der Waals surface area contributed by atoms with E-state index in [1.165, 1.54) is 7.11 Å². The van der Waals surface area contributed by atoms with E-state index in [1.807, 2.05) is 6.07 Å². The SMILES string of the molecule is COC(=O)C1=C(c2cc(OC)c(OC)c(CO[Si](C)(C)C(C)(C)C)c2OC)CCC1. The summed E-state index contributed by atoms with van der Waals surface area (Å²) in [5, 5.41) is 0.0706. The Kier molecular flexibility index (Phi) is 7.63. The molecule has 0 unspecified atom stereocenters. The van der Waals surface area contributed by atoms with E-state index >= 15 is 0 Å². The number of ether oxygens (including phenoxy) is 4. The Balaban J connectivity index is 2.66. The third kappa shape index (κ3) is 4.67.